The second kappa shape index (κ2) is 5.38. The Hall–Kier alpha value is -2.34. The second-order valence-electron chi connectivity index (χ2n) is 5.77. The Morgan fingerprint density at radius 2 is 1.91 bits per heavy atom. The molecule has 1 aliphatic heterocycles. The van der Waals surface area contributed by atoms with Gasteiger partial charge in [-0.1, -0.05) is 24.3 Å². The molecule has 1 N–H and O–H groups in total. The van der Waals surface area contributed by atoms with Crippen LogP contribution in [0.5, 0.6) is 0 Å². The standard InChI is InChI=1S/C17H17NO4S/c1-11-7-8-14(17(19)20)10-16(11)23(21,22)18-12(2)9-13-5-3-4-6-15(13)18/h3-8,10,12H,9H2,1-2H3,(H,19,20)/t12-/m0/s1. The van der Waals surface area contributed by atoms with Crippen molar-refractivity contribution in [3.05, 3.63) is 59.2 Å². The number of fused-ring (bicyclic) bond motifs is 1. The Labute approximate surface area is 135 Å². The highest BCUT2D eigenvalue weighted by molar-refractivity contribution is 7.93. The van der Waals surface area contributed by atoms with Crippen LogP contribution < -0.4 is 4.31 Å². The third-order valence-corrected chi connectivity index (χ3v) is 6.19. The molecular weight excluding hydrogens is 314 g/mol. The lowest BCUT2D eigenvalue weighted by Gasteiger charge is -2.25. The van der Waals surface area contributed by atoms with Gasteiger partial charge >= 0.3 is 5.97 Å². The molecule has 2 aromatic carbocycles. The lowest BCUT2D eigenvalue weighted by atomic mass is 10.1. The summed E-state index contributed by atoms with van der Waals surface area (Å²) in [6.45, 7) is 3.53. The molecule has 5 nitrogen and oxygen atoms in total. The molecule has 3 rings (SSSR count). The first-order valence-electron chi connectivity index (χ1n) is 7.28. The van der Waals surface area contributed by atoms with Crippen molar-refractivity contribution >= 4 is 21.7 Å². The largest absolute Gasteiger partial charge is 0.478 e. The highest BCUT2D eigenvalue weighted by Crippen LogP contribution is 2.37. The summed E-state index contributed by atoms with van der Waals surface area (Å²) >= 11 is 0. The number of carboxylic acid groups (broad SMARTS) is 1. The zero-order chi connectivity index (χ0) is 16.8. The third kappa shape index (κ3) is 2.49. The summed E-state index contributed by atoms with van der Waals surface area (Å²) < 4.78 is 27.7. The van der Waals surface area contributed by atoms with E-state index in [4.69, 9.17) is 5.11 Å². The number of hydrogen-bond donors (Lipinski definition) is 1. The maximum Gasteiger partial charge on any atom is 0.335 e. The fraction of sp³-hybridized carbons (Fsp3) is 0.235. The van der Waals surface area contributed by atoms with Gasteiger partial charge in [-0.3, -0.25) is 4.31 Å². The van der Waals surface area contributed by atoms with E-state index in [0.717, 1.165) is 5.56 Å². The summed E-state index contributed by atoms with van der Waals surface area (Å²) in [5, 5.41) is 9.13. The first kappa shape index (κ1) is 15.6. The van der Waals surface area contributed by atoms with Gasteiger partial charge in [-0.15, -0.1) is 0 Å². The molecule has 0 amide bonds. The molecule has 0 bridgehead atoms. The molecule has 23 heavy (non-hydrogen) atoms. The van der Waals surface area contributed by atoms with Gasteiger partial charge in [0.25, 0.3) is 10.0 Å². The van der Waals surface area contributed by atoms with Gasteiger partial charge in [0.2, 0.25) is 0 Å². The van der Waals surface area contributed by atoms with E-state index >= 15 is 0 Å². The van der Waals surface area contributed by atoms with E-state index in [1.54, 1.807) is 19.1 Å². The number of hydrogen-bond acceptors (Lipinski definition) is 3. The monoisotopic (exact) mass is 331 g/mol. The van der Waals surface area contributed by atoms with E-state index in [0.29, 0.717) is 17.7 Å². The molecule has 6 heteroatoms. The van der Waals surface area contributed by atoms with Crippen LogP contribution in [-0.4, -0.2) is 25.5 Å². The van der Waals surface area contributed by atoms with E-state index in [1.165, 1.54) is 22.5 Å². The van der Waals surface area contributed by atoms with Crippen molar-refractivity contribution in [2.75, 3.05) is 4.31 Å². The third-order valence-electron chi connectivity index (χ3n) is 4.12. The number of para-hydroxylation sites is 1. The summed E-state index contributed by atoms with van der Waals surface area (Å²) in [4.78, 5) is 11.2. The molecule has 1 aliphatic rings. The maximum atomic E-state index is 13.1. The number of nitrogens with zero attached hydrogens (tertiary/aromatic N) is 1. The summed E-state index contributed by atoms with van der Waals surface area (Å²) in [6.07, 6.45) is 0.646. The van der Waals surface area contributed by atoms with Crippen molar-refractivity contribution < 1.29 is 18.3 Å². The van der Waals surface area contributed by atoms with Gasteiger partial charge in [0.15, 0.2) is 0 Å². The van der Waals surface area contributed by atoms with Gasteiger partial charge in [0.1, 0.15) is 0 Å². The number of sulfonamides is 1. The van der Waals surface area contributed by atoms with Crippen LogP contribution in [0.4, 0.5) is 5.69 Å². The summed E-state index contributed by atoms with van der Waals surface area (Å²) in [7, 11) is -3.82. The SMILES string of the molecule is Cc1ccc(C(=O)O)cc1S(=O)(=O)N1c2ccccc2C[C@@H]1C. The normalized spacial score (nSPS) is 17.1. The predicted molar refractivity (Wildman–Crippen MR) is 87.4 cm³/mol. The van der Waals surface area contributed by atoms with Crippen molar-refractivity contribution in [2.45, 2.75) is 31.2 Å². The van der Waals surface area contributed by atoms with Crippen LogP contribution >= 0.6 is 0 Å². The van der Waals surface area contributed by atoms with Gasteiger partial charge in [-0.05, 0) is 49.6 Å². The highest BCUT2D eigenvalue weighted by Gasteiger charge is 2.36. The molecule has 0 spiro atoms. The number of carbonyl (C=O) groups is 1. The van der Waals surface area contributed by atoms with Crippen LogP contribution in [0.1, 0.15) is 28.4 Å². The Bertz CT molecular complexity index is 889. The fourth-order valence-electron chi connectivity index (χ4n) is 3.02. The minimum Gasteiger partial charge on any atom is -0.478 e. The Morgan fingerprint density at radius 3 is 2.61 bits per heavy atom. The summed E-state index contributed by atoms with van der Waals surface area (Å²) in [5.74, 6) is -1.14. The van der Waals surface area contributed by atoms with Crippen LogP contribution in [-0.2, 0) is 16.4 Å². The molecule has 0 aliphatic carbocycles. The van der Waals surface area contributed by atoms with E-state index in [9.17, 15) is 13.2 Å². The number of aryl methyl sites for hydroxylation is 1. The number of carboxylic acids is 1. The summed E-state index contributed by atoms with van der Waals surface area (Å²) in [6, 6.07) is 11.4. The van der Waals surface area contributed by atoms with Crippen LogP contribution in [0.3, 0.4) is 0 Å². The van der Waals surface area contributed by atoms with Gasteiger partial charge in [-0.2, -0.15) is 0 Å². The van der Waals surface area contributed by atoms with Gasteiger partial charge in [0.05, 0.1) is 16.1 Å². The first-order valence-corrected chi connectivity index (χ1v) is 8.72. The van der Waals surface area contributed by atoms with Gasteiger partial charge in [0, 0.05) is 6.04 Å². The fourth-order valence-corrected chi connectivity index (χ4v) is 4.97. The van der Waals surface area contributed by atoms with Crippen molar-refractivity contribution in [3.63, 3.8) is 0 Å². The van der Waals surface area contributed by atoms with Crippen molar-refractivity contribution in [1.29, 1.82) is 0 Å². The molecule has 0 radical (unpaired) electrons. The molecular formula is C17H17NO4S. The lowest BCUT2D eigenvalue weighted by Crippen LogP contribution is -2.36. The smallest absolute Gasteiger partial charge is 0.335 e. The van der Waals surface area contributed by atoms with Crippen molar-refractivity contribution in [2.24, 2.45) is 0 Å². The van der Waals surface area contributed by atoms with E-state index in [-0.39, 0.29) is 16.5 Å². The second-order valence-corrected chi connectivity index (χ2v) is 7.55. The predicted octanol–water partition coefficient (Wildman–Crippen LogP) is 2.83. The summed E-state index contributed by atoms with van der Waals surface area (Å²) in [5.41, 5.74) is 2.15. The van der Waals surface area contributed by atoms with Crippen LogP contribution in [0.25, 0.3) is 0 Å². The molecule has 0 saturated carbocycles. The average molecular weight is 331 g/mol. The van der Waals surface area contributed by atoms with E-state index in [1.807, 2.05) is 19.1 Å². The van der Waals surface area contributed by atoms with Crippen LogP contribution in [0.2, 0.25) is 0 Å². The molecule has 1 atom stereocenters. The number of benzene rings is 2. The Kier molecular flexibility index (Phi) is 3.64. The topological polar surface area (TPSA) is 74.7 Å². The molecule has 0 saturated heterocycles. The van der Waals surface area contributed by atoms with E-state index in [2.05, 4.69) is 0 Å². The molecule has 2 aromatic rings. The van der Waals surface area contributed by atoms with Gasteiger partial charge < -0.3 is 5.11 Å². The van der Waals surface area contributed by atoms with E-state index < -0.39 is 16.0 Å². The minimum absolute atomic E-state index is 0.0330. The molecule has 120 valence electrons. The zero-order valence-electron chi connectivity index (χ0n) is 12.9. The Balaban J connectivity index is 2.17. The number of rotatable bonds is 3. The first-order chi connectivity index (χ1) is 10.8. The molecule has 0 aromatic heterocycles. The highest BCUT2D eigenvalue weighted by atomic mass is 32.2. The zero-order valence-corrected chi connectivity index (χ0v) is 13.7. The number of anilines is 1. The molecule has 0 unspecified atom stereocenters. The van der Waals surface area contributed by atoms with Crippen molar-refractivity contribution in [1.82, 2.24) is 0 Å². The van der Waals surface area contributed by atoms with Crippen LogP contribution in [0.15, 0.2) is 47.4 Å². The number of aromatic carboxylic acids is 1. The quantitative estimate of drug-likeness (QED) is 0.938. The van der Waals surface area contributed by atoms with Crippen LogP contribution in [0, 0.1) is 6.92 Å². The van der Waals surface area contributed by atoms with Gasteiger partial charge in [-0.25, -0.2) is 13.2 Å². The van der Waals surface area contributed by atoms with Crippen molar-refractivity contribution in [3.8, 4) is 0 Å². The molecule has 0 fully saturated rings. The average Bonchev–Trinajstić information content (AvgIpc) is 2.83. The molecule has 1 heterocycles. The maximum absolute atomic E-state index is 13.1. The minimum atomic E-state index is -3.82. The lowest BCUT2D eigenvalue weighted by molar-refractivity contribution is 0.0696. The Morgan fingerprint density at radius 1 is 1.22 bits per heavy atom.